The highest BCUT2D eigenvalue weighted by Crippen LogP contribution is 2.27. The van der Waals surface area contributed by atoms with Crippen LogP contribution >= 0.6 is 0 Å². The van der Waals surface area contributed by atoms with E-state index in [4.69, 9.17) is 5.10 Å². The first kappa shape index (κ1) is 24.8. The maximum atomic E-state index is 13.1. The van der Waals surface area contributed by atoms with Crippen molar-refractivity contribution in [2.45, 2.75) is 91.1 Å². The van der Waals surface area contributed by atoms with Crippen LogP contribution in [0.25, 0.3) is 5.69 Å². The number of nitrogens with one attached hydrogen (secondary N) is 2. The van der Waals surface area contributed by atoms with Crippen LogP contribution in [0.2, 0.25) is 0 Å². The lowest BCUT2D eigenvalue weighted by Gasteiger charge is -2.30. The largest absolute Gasteiger partial charge is 0.335 e. The number of urea groups is 1. The molecule has 1 aliphatic rings. The Labute approximate surface area is 197 Å². The third-order valence-electron chi connectivity index (χ3n) is 6.22. The molecule has 1 aliphatic carbocycles. The molecule has 3 rings (SSSR count). The summed E-state index contributed by atoms with van der Waals surface area (Å²) < 4.78 is 1.79. The number of nitrogens with zero attached hydrogens (tertiary/aromatic N) is 3. The summed E-state index contributed by atoms with van der Waals surface area (Å²) in [6.45, 7) is 12.2. The first-order valence-electron chi connectivity index (χ1n) is 12.1. The molecule has 1 aromatic heterocycles. The summed E-state index contributed by atoms with van der Waals surface area (Å²) in [4.78, 5) is 27.6. The van der Waals surface area contributed by atoms with E-state index >= 15 is 0 Å². The van der Waals surface area contributed by atoms with E-state index in [2.05, 4.69) is 31.4 Å². The molecule has 0 radical (unpaired) electrons. The molecule has 0 spiro atoms. The van der Waals surface area contributed by atoms with Crippen LogP contribution in [0.5, 0.6) is 0 Å². The van der Waals surface area contributed by atoms with Gasteiger partial charge in [0.15, 0.2) is 0 Å². The van der Waals surface area contributed by atoms with Crippen LogP contribution in [0.3, 0.4) is 0 Å². The number of hydrogen-bond donors (Lipinski definition) is 2. The topological polar surface area (TPSA) is 79.3 Å². The molecule has 0 unspecified atom stereocenters. The van der Waals surface area contributed by atoms with E-state index in [9.17, 15) is 9.59 Å². The van der Waals surface area contributed by atoms with Crippen molar-refractivity contribution in [1.82, 2.24) is 20.0 Å². The van der Waals surface area contributed by atoms with E-state index in [0.29, 0.717) is 5.82 Å². The van der Waals surface area contributed by atoms with Crippen molar-refractivity contribution in [2.75, 3.05) is 11.9 Å². The van der Waals surface area contributed by atoms with Gasteiger partial charge in [-0.1, -0.05) is 58.2 Å². The Hall–Kier alpha value is -2.83. The summed E-state index contributed by atoms with van der Waals surface area (Å²) in [5, 5.41) is 10.9. The van der Waals surface area contributed by atoms with Gasteiger partial charge in [-0.2, -0.15) is 5.10 Å². The quantitative estimate of drug-likeness (QED) is 0.633. The zero-order valence-electron chi connectivity index (χ0n) is 20.9. The van der Waals surface area contributed by atoms with Gasteiger partial charge in [-0.3, -0.25) is 4.79 Å². The van der Waals surface area contributed by atoms with Crippen molar-refractivity contribution in [1.29, 1.82) is 0 Å². The Morgan fingerprint density at radius 3 is 2.42 bits per heavy atom. The second-order valence-electron chi connectivity index (χ2n) is 10.4. The smallest absolute Gasteiger partial charge is 0.318 e. The average molecular weight is 454 g/mol. The third kappa shape index (κ3) is 6.36. The van der Waals surface area contributed by atoms with Crippen molar-refractivity contribution < 1.29 is 9.59 Å². The monoisotopic (exact) mass is 453 g/mol. The molecule has 7 heteroatoms. The number of aromatic nitrogens is 2. The predicted molar refractivity (Wildman–Crippen MR) is 133 cm³/mol. The van der Waals surface area contributed by atoms with Crippen LogP contribution in [0.15, 0.2) is 30.3 Å². The fraction of sp³-hybridized carbons (Fsp3) is 0.577. The lowest BCUT2D eigenvalue weighted by molar-refractivity contribution is -0.117. The molecule has 1 saturated carbocycles. The number of carbonyl (C=O) groups excluding carboxylic acids is 2. The van der Waals surface area contributed by atoms with E-state index in [-0.39, 0.29) is 36.0 Å². The Morgan fingerprint density at radius 1 is 1.15 bits per heavy atom. The standard InChI is InChI=1S/C26H39N5O2/c1-18(2)30(25(33)27-20-13-8-7-9-14-20)17-24(32)28-23-16-22(26(4,5)6)29-31(23)21-15-11-10-12-19(21)3/h10-12,15-16,18,20H,7-9,13-14,17H2,1-6H3,(H,27,33)(H,28,32). The van der Waals surface area contributed by atoms with E-state index in [1.807, 2.05) is 51.1 Å². The first-order chi connectivity index (χ1) is 15.6. The number of benzene rings is 1. The summed E-state index contributed by atoms with van der Waals surface area (Å²) in [5.41, 5.74) is 2.69. The highest BCUT2D eigenvalue weighted by molar-refractivity contribution is 5.94. The van der Waals surface area contributed by atoms with E-state index in [1.165, 1.54) is 6.42 Å². The maximum absolute atomic E-state index is 13.1. The molecule has 7 nitrogen and oxygen atoms in total. The Morgan fingerprint density at radius 2 is 1.82 bits per heavy atom. The molecule has 0 saturated heterocycles. The summed E-state index contributed by atoms with van der Waals surface area (Å²) in [7, 11) is 0. The van der Waals surface area contributed by atoms with Crippen molar-refractivity contribution in [3.05, 3.63) is 41.6 Å². The molecule has 33 heavy (non-hydrogen) atoms. The number of aryl methyl sites for hydroxylation is 1. The molecule has 2 aromatic rings. The Balaban J connectivity index is 1.78. The SMILES string of the molecule is Cc1ccccc1-n1nc(C(C)(C)C)cc1NC(=O)CN(C(=O)NC1CCCCC1)C(C)C. The normalized spacial score (nSPS) is 14.9. The van der Waals surface area contributed by atoms with Gasteiger partial charge in [-0.25, -0.2) is 9.48 Å². The lowest BCUT2D eigenvalue weighted by atomic mass is 9.92. The van der Waals surface area contributed by atoms with Gasteiger partial charge >= 0.3 is 6.03 Å². The molecular weight excluding hydrogens is 414 g/mol. The third-order valence-corrected chi connectivity index (χ3v) is 6.22. The summed E-state index contributed by atoms with van der Waals surface area (Å²) in [5.74, 6) is 0.369. The van der Waals surface area contributed by atoms with Crippen LogP contribution in [-0.2, 0) is 10.2 Å². The average Bonchev–Trinajstić information content (AvgIpc) is 3.16. The zero-order chi connectivity index (χ0) is 24.2. The maximum Gasteiger partial charge on any atom is 0.318 e. The molecule has 1 heterocycles. The van der Waals surface area contributed by atoms with Crippen molar-refractivity contribution in [3.8, 4) is 5.69 Å². The molecule has 180 valence electrons. The highest BCUT2D eigenvalue weighted by atomic mass is 16.2. The fourth-order valence-corrected chi connectivity index (χ4v) is 4.15. The summed E-state index contributed by atoms with van der Waals surface area (Å²) >= 11 is 0. The first-order valence-corrected chi connectivity index (χ1v) is 12.1. The van der Waals surface area contributed by atoms with Gasteiger partial charge < -0.3 is 15.5 Å². The van der Waals surface area contributed by atoms with Crippen molar-refractivity contribution >= 4 is 17.8 Å². The summed E-state index contributed by atoms with van der Waals surface area (Å²) in [6, 6.07) is 9.82. The van der Waals surface area contributed by atoms with Crippen LogP contribution in [0.4, 0.5) is 10.6 Å². The van der Waals surface area contributed by atoms with Gasteiger partial charge in [-0.15, -0.1) is 0 Å². The molecule has 0 bridgehead atoms. The minimum Gasteiger partial charge on any atom is -0.335 e. The van der Waals surface area contributed by atoms with Gasteiger partial charge in [0.2, 0.25) is 5.91 Å². The van der Waals surface area contributed by atoms with E-state index in [1.54, 1.807) is 9.58 Å². The number of carbonyl (C=O) groups is 2. The number of rotatable bonds is 6. The Bertz CT molecular complexity index is 967. The summed E-state index contributed by atoms with van der Waals surface area (Å²) in [6.07, 6.45) is 5.54. The lowest BCUT2D eigenvalue weighted by Crippen LogP contribution is -2.50. The van der Waals surface area contributed by atoms with Gasteiger partial charge in [0.25, 0.3) is 0 Å². The van der Waals surface area contributed by atoms with Gasteiger partial charge in [0.1, 0.15) is 12.4 Å². The number of hydrogen-bond acceptors (Lipinski definition) is 3. The fourth-order valence-electron chi connectivity index (χ4n) is 4.15. The molecule has 2 N–H and O–H groups in total. The Kier molecular flexibility index (Phi) is 7.82. The molecule has 0 aliphatic heterocycles. The van der Waals surface area contributed by atoms with Gasteiger partial charge in [0, 0.05) is 23.6 Å². The molecule has 3 amide bonds. The van der Waals surface area contributed by atoms with E-state index in [0.717, 1.165) is 42.6 Å². The number of amides is 3. The molecule has 1 aromatic carbocycles. The zero-order valence-corrected chi connectivity index (χ0v) is 20.9. The van der Waals surface area contributed by atoms with E-state index < -0.39 is 0 Å². The van der Waals surface area contributed by atoms with Crippen LogP contribution in [0, 0.1) is 6.92 Å². The molecule has 1 fully saturated rings. The second-order valence-corrected chi connectivity index (χ2v) is 10.4. The number of anilines is 1. The highest BCUT2D eigenvalue weighted by Gasteiger charge is 2.26. The number of para-hydroxylation sites is 1. The second kappa shape index (κ2) is 10.4. The van der Waals surface area contributed by atoms with Crippen molar-refractivity contribution in [2.24, 2.45) is 0 Å². The van der Waals surface area contributed by atoms with Gasteiger partial charge in [0.05, 0.1) is 11.4 Å². The minimum atomic E-state index is -0.238. The van der Waals surface area contributed by atoms with Crippen molar-refractivity contribution in [3.63, 3.8) is 0 Å². The van der Waals surface area contributed by atoms with Crippen LogP contribution < -0.4 is 10.6 Å². The predicted octanol–water partition coefficient (Wildman–Crippen LogP) is 5.17. The van der Waals surface area contributed by atoms with Crippen LogP contribution in [0.1, 0.15) is 78.0 Å². The minimum absolute atomic E-state index is 0.0139. The molecule has 0 atom stereocenters. The van der Waals surface area contributed by atoms with Crippen LogP contribution in [-0.4, -0.2) is 45.2 Å². The molecular formula is C26H39N5O2. The van der Waals surface area contributed by atoms with Gasteiger partial charge in [-0.05, 0) is 45.2 Å².